The van der Waals surface area contributed by atoms with E-state index in [4.69, 9.17) is 0 Å². The average molecular weight is 258 g/mol. The Bertz CT molecular complexity index is 378. The van der Waals surface area contributed by atoms with Gasteiger partial charge in [-0.1, -0.05) is 36.8 Å². The molecule has 0 spiro atoms. The fourth-order valence-corrected chi connectivity index (χ4v) is 3.44. The Hall–Kier alpha value is -0.860. The van der Waals surface area contributed by atoms with Crippen LogP contribution < -0.4 is 0 Å². The molecule has 0 unspecified atom stereocenters. The molecule has 0 amide bonds. The van der Waals surface area contributed by atoms with Gasteiger partial charge in [0, 0.05) is 18.6 Å². The summed E-state index contributed by atoms with van der Waals surface area (Å²) in [5.41, 5.74) is 1.44. The normalized spacial score (nSPS) is 22.6. The van der Waals surface area contributed by atoms with Gasteiger partial charge in [-0.25, -0.2) is 0 Å². The van der Waals surface area contributed by atoms with Crippen molar-refractivity contribution in [3.63, 3.8) is 0 Å². The van der Waals surface area contributed by atoms with Gasteiger partial charge in [-0.2, -0.15) is 0 Å². The lowest BCUT2D eigenvalue weighted by atomic mass is 9.89. The lowest BCUT2D eigenvalue weighted by Crippen LogP contribution is -2.49. The van der Waals surface area contributed by atoms with Gasteiger partial charge in [0.25, 0.3) is 0 Å². The van der Waals surface area contributed by atoms with E-state index in [-0.39, 0.29) is 0 Å². The SMILES string of the molecule is CN(Cc1ccccc1)C1CCN(C2CCC2)CC1. The second kappa shape index (κ2) is 6.06. The molecule has 0 radical (unpaired) electrons. The maximum Gasteiger partial charge on any atom is 0.0233 e. The minimum absolute atomic E-state index is 0.775. The third kappa shape index (κ3) is 3.18. The van der Waals surface area contributed by atoms with E-state index >= 15 is 0 Å². The predicted molar refractivity (Wildman–Crippen MR) is 80.1 cm³/mol. The van der Waals surface area contributed by atoms with Gasteiger partial charge in [0.2, 0.25) is 0 Å². The molecule has 1 aromatic rings. The summed E-state index contributed by atoms with van der Waals surface area (Å²) in [5.74, 6) is 0. The van der Waals surface area contributed by atoms with Crippen LogP contribution in [-0.2, 0) is 6.54 Å². The van der Waals surface area contributed by atoms with Crippen LogP contribution in [0.25, 0.3) is 0 Å². The summed E-state index contributed by atoms with van der Waals surface area (Å²) in [6.07, 6.45) is 7.05. The number of nitrogens with zero attached hydrogens (tertiary/aromatic N) is 2. The van der Waals surface area contributed by atoms with Gasteiger partial charge >= 0.3 is 0 Å². The summed E-state index contributed by atoms with van der Waals surface area (Å²) < 4.78 is 0. The number of hydrogen-bond acceptors (Lipinski definition) is 2. The van der Waals surface area contributed by atoms with Crippen molar-refractivity contribution in [2.45, 2.75) is 50.7 Å². The number of piperidine rings is 1. The molecule has 1 aliphatic heterocycles. The van der Waals surface area contributed by atoms with Gasteiger partial charge in [0.05, 0.1) is 0 Å². The molecule has 1 heterocycles. The highest BCUT2D eigenvalue weighted by Crippen LogP contribution is 2.28. The summed E-state index contributed by atoms with van der Waals surface area (Å²) in [6.45, 7) is 3.72. The van der Waals surface area contributed by atoms with Crippen molar-refractivity contribution in [3.8, 4) is 0 Å². The van der Waals surface area contributed by atoms with Crippen molar-refractivity contribution in [3.05, 3.63) is 35.9 Å². The van der Waals surface area contributed by atoms with Crippen LogP contribution in [-0.4, -0.2) is 42.0 Å². The minimum atomic E-state index is 0.775. The van der Waals surface area contributed by atoms with Gasteiger partial charge in [0.15, 0.2) is 0 Å². The Morgan fingerprint density at radius 3 is 2.32 bits per heavy atom. The molecule has 2 fully saturated rings. The summed E-state index contributed by atoms with van der Waals surface area (Å²) in [7, 11) is 2.29. The van der Waals surface area contributed by atoms with Crippen LogP contribution in [0, 0.1) is 0 Å². The van der Waals surface area contributed by atoms with Crippen molar-refractivity contribution in [2.24, 2.45) is 0 Å². The number of rotatable bonds is 4. The Morgan fingerprint density at radius 2 is 1.74 bits per heavy atom. The highest BCUT2D eigenvalue weighted by atomic mass is 15.2. The molecule has 0 aromatic heterocycles. The Morgan fingerprint density at radius 1 is 1.05 bits per heavy atom. The van der Waals surface area contributed by atoms with Gasteiger partial charge in [-0.3, -0.25) is 4.90 Å². The van der Waals surface area contributed by atoms with Crippen molar-refractivity contribution >= 4 is 0 Å². The Labute approximate surface area is 117 Å². The van der Waals surface area contributed by atoms with Crippen LogP contribution in [0.4, 0.5) is 0 Å². The molecule has 2 aliphatic rings. The second-order valence-corrected chi connectivity index (χ2v) is 6.25. The van der Waals surface area contributed by atoms with E-state index in [0.717, 1.165) is 18.6 Å². The highest BCUT2D eigenvalue weighted by Gasteiger charge is 2.29. The van der Waals surface area contributed by atoms with Crippen LogP contribution in [0.15, 0.2) is 30.3 Å². The van der Waals surface area contributed by atoms with Crippen LogP contribution >= 0.6 is 0 Å². The van der Waals surface area contributed by atoms with Crippen molar-refractivity contribution in [1.29, 1.82) is 0 Å². The van der Waals surface area contributed by atoms with Crippen LogP contribution in [0.1, 0.15) is 37.7 Å². The van der Waals surface area contributed by atoms with E-state index in [1.165, 1.54) is 50.8 Å². The third-order valence-corrected chi connectivity index (χ3v) is 4.99. The first-order valence-electron chi connectivity index (χ1n) is 7.81. The number of likely N-dealkylation sites (tertiary alicyclic amines) is 1. The van der Waals surface area contributed by atoms with E-state index in [2.05, 4.69) is 47.2 Å². The third-order valence-electron chi connectivity index (χ3n) is 4.99. The van der Waals surface area contributed by atoms with Crippen molar-refractivity contribution < 1.29 is 0 Å². The molecule has 1 saturated carbocycles. The molecule has 1 saturated heterocycles. The molecule has 19 heavy (non-hydrogen) atoms. The summed E-state index contributed by atoms with van der Waals surface area (Å²) in [6, 6.07) is 12.6. The summed E-state index contributed by atoms with van der Waals surface area (Å²) in [4.78, 5) is 5.28. The molecule has 104 valence electrons. The zero-order valence-corrected chi connectivity index (χ0v) is 12.1. The Balaban J connectivity index is 1.47. The number of benzene rings is 1. The smallest absolute Gasteiger partial charge is 0.0233 e. The van der Waals surface area contributed by atoms with E-state index in [0.29, 0.717) is 0 Å². The minimum Gasteiger partial charge on any atom is -0.300 e. The maximum atomic E-state index is 2.73. The molecule has 0 bridgehead atoms. The zero-order chi connectivity index (χ0) is 13.1. The van der Waals surface area contributed by atoms with E-state index in [1.54, 1.807) is 0 Å². The molecule has 2 heteroatoms. The zero-order valence-electron chi connectivity index (χ0n) is 12.1. The molecule has 0 atom stereocenters. The van der Waals surface area contributed by atoms with E-state index in [9.17, 15) is 0 Å². The lowest BCUT2D eigenvalue weighted by molar-refractivity contribution is 0.0626. The first-order valence-corrected chi connectivity index (χ1v) is 7.81. The van der Waals surface area contributed by atoms with Gasteiger partial charge in [0.1, 0.15) is 0 Å². The van der Waals surface area contributed by atoms with Gasteiger partial charge in [-0.05, 0) is 51.4 Å². The fourth-order valence-electron chi connectivity index (χ4n) is 3.44. The van der Waals surface area contributed by atoms with Crippen LogP contribution in [0.5, 0.6) is 0 Å². The second-order valence-electron chi connectivity index (χ2n) is 6.25. The quantitative estimate of drug-likeness (QED) is 0.818. The number of hydrogen-bond donors (Lipinski definition) is 0. The highest BCUT2D eigenvalue weighted by molar-refractivity contribution is 5.14. The fraction of sp³-hybridized carbons (Fsp3) is 0.647. The first kappa shape index (κ1) is 13.1. The van der Waals surface area contributed by atoms with Crippen molar-refractivity contribution in [1.82, 2.24) is 9.80 Å². The maximum absolute atomic E-state index is 2.73. The summed E-state index contributed by atoms with van der Waals surface area (Å²) >= 11 is 0. The monoisotopic (exact) mass is 258 g/mol. The molecule has 1 aromatic carbocycles. The first-order chi connectivity index (χ1) is 9.33. The lowest BCUT2D eigenvalue weighted by Gasteiger charge is -2.43. The molecule has 0 N–H and O–H groups in total. The molecule has 1 aliphatic carbocycles. The molecule has 2 nitrogen and oxygen atoms in total. The van der Waals surface area contributed by atoms with E-state index < -0.39 is 0 Å². The summed E-state index contributed by atoms with van der Waals surface area (Å²) in [5, 5.41) is 0. The molecule has 3 rings (SSSR count). The topological polar surface area (TPSA) is 6.48 Å². The van der Waals surface area contributed by atoms with Gasteiger partial charge < -0.3 is 4.90 Å². The van der Waals surface area contributed by atoms with E-state index in [1.807, 2.05) is 0 Å². The molecular weight excluding hydrogens is 232 g/mol. The van der Waals surface area contributed by atoms with Crippen molar-refractivity contribution in [2.75, 3.05) is 20.1 Å². The van der Waals surface area contributed by atoms with Crippen LogP contribution in [0.2, 0.25) is 0 Å². The van der Waals surface area contributed by atoms with Crippen LogP contribution in [0.3, 0.4) is 0 Å². The Kier molecular flexibility index (Phi) is 4.19. The largest absolute Gasteiger partial charge is 0.300 e. The molecular formula is C17H26N2. The standard InChI is InChI=1S/C17H26N2/c1-18(14-15-6-3-2-4-7-15)16-10-12-19(13-11-16)17-8-5-9-17/h2-4,6-7,16-17H,5,8-14H2,1H3. The van der Waals surface area contributed by atoms with Gasteiger partial charge in [-0.15, -0.1) is 0 Å². The predicted octanol–water partition coefficient (Wildman–Crippen LogP) is 3.14. The average Bonchev–Trinajstić information content (AvgIpc) is 2.39.